The Labute approximate surface area is 119 Å². The van der Waals surface area contributed by atoms with Crippen molar-refractivity contribution in [2.75, 3.05) is 0 Å². The highest BCUT2D eigenvalue weighted by Gasteiger charge is 2.23. The third-order valence-electron chi connectivity index (χ3n) is 2.83. The third-order valence-corrected chi connectivity index (χ3v) is 2.83. The second kappa shape index (κ2) is 6.00. The van der Waals surface area contributed by atoms with Crippen LogP contribution in [0, 0.1) is 0 Å². The lowest BCUT2D eigenvalue weighted by Gasteiger charge is -2.12. The van der Waals surface area contributed by atoms with Crippen LogP contribution in [-0.4, -0.2) is 39.1 Å². The largest absolute Gasteiger partial charge is 0.481 e. The van der Waals surface area contributed by atoms with E-state index in [1.807, 2.05) is 6.07 Å². The number of pyridine rings is 1. The van der Waals surface area contributed by atoms with Crippen LogP contribution in [0.25, 0.3) is 10.9 Å². The van der Waals surface area contributed by atoms with Crippen molar-refractivity contribution in [3.05, 3.63) is 42.1 Å². The first-order chi connectivity index (χ1) is 9.97. The second-order valence-corrected chi connectivity index (χ2v) is 4.38. The smallest absolute Gasteiger partial charge is 0.326 e. The van der Waals surface area contributed by atoms with Crippen molar-refractivity contribution in [3.8, 4) is 0 Å². The quantitative estimate of drug-likeness (QED) is 0.752. The van der Waals surface area contributed by atoms with Gasteiger partial charge in [-0.2, -0.15) is 0 Å². The average Bonchev–Trinajstić information content (AvgIpc) is 2.45. The second-order valence-electron chi connectivity index (χ2n) is 4.38. The Morgan fingerprint density at radius 3 is 2.57 bits per heavy atom. The Kier molecular flexibility index (Phi) is 4.13. The van der Waals surface area contributed by atoms with Crippen molar-refractivity contribution in [3.63, 3.8) is 0 Å². The molecule has 1 aromatic heterocycles. The van der Waals surface area contributed by atoms with E-state index in [0.29, 0.717) is 5.52 Å². The molecule has 0 aliphatic carbocycles. The summed E-state index contributed by atoms with van der Waals surface area (Å²) in [5.74, 6) is -3.39. The predicted molar refractivity (Wildman–Crippen MR) is 72.9 cm³/mol. The summed E-state index contributed by atoms with van der Waals surface area (Å²) < 4.78 is 0. The summed E-state index contributed by atoms with van der Waals surface area (Å²) in [6.07, 6.45) is 0.624. The maximum absolute atomic E-state index is 12.0. The molecule has 0 saturated carbocycles. The van der Waals surface area contributed by atoms with Gasteiger partial charge >= 0.3 is 11.9 Å². The number of fused-ring (bicyclic) bond motifs is 1. The predicted octanol–water partition coefficient (Wildman–Crippen LogP) is 0.892. The van der Waals surface area contributed by atoms with Crippen LogP contribution in [0.2, 0.25) is 0 Å². The van der Waals surface area contributed by atoms with Crippen LogP contribution in [0.3, 0.4) is 0 Å². The van der Waals surface area contributed by atoms with E-state index in [1.54, 1.807) is 24.3 Å². The number of amides is 1. The van der Waals surface area contributed by atoms with Gasteiger partial charge < -0.3 is 15.5 Å². The summed E-state index contributed by atoms with van der Waals surface area (Å²) >= 11 is 0. The van der Waals surface area contributed by atoms with Crippen molar-refractivity contribution in [1.29, 1.82) is 0 Å². The van der Waals surface area contributed by atoms with Gasteiger partial charge in [-0.15, -0.1) is 0 Å². The van der Waals surface area contributed by atoms with E-state index in [4.69, 9.17) is 10.2 Å². The van der Waals surface area contributed by atoms with Gasteiger partial charge in [-0.1, -0.05) is 18.2 Å². The number of para-hydroxylation sites is 1. The summed E-state index contributed by atoms with van der Waals surface area (Å²) in [5.41, 5.74) is 0.875. The maximum Gasteiger partial charge on any atom is 0.326 e. The van der Waals surface area contributed by atoms with Gasteiger partial charge in [0.2, 0.25) is 0 Å². The van der Waals surface area contributed by atoms with Gasteiger partial charge in [-0.05, 0) is 12.1 Å². The molecule has 1 atom stereocenters. The number of carbonyl (C=O) groups is 3. The summed E-state index contributed by atoms with van der Waals surface area (Å²) in [6.45, 7) is 0. The fourth-order valence-corrected chi connectivity index (χ4v) is 1.81. The molecular formula is C14H12N2O5. The number of rotatable bonds is 5. The molecule has 108 valence electrons. The number of nitrogens with zero attached hydrogens (tertiary/aromatic N) is 1. The molecule has 0 aliphatic heterocycles. The Morgan fingerprint density at radius 2 is 1.90 bits per heavy atom. The molecule has 2 rings (SSSR count). The minimum absolute atomic E-state index is 0.172. The number of aliphatic carboxylic acids is 2. The zero-order chi connectivity index (χ0) is 15.4. The summed E-state index contributed by atoms with van der Waals surface area (Å²) in [5, 5.41) is 20.4. The SMILES string of the molecule is O=C(O)C[C@@H](NC(=O)c1cnc2ccccc2c1)C(=O)O. The molecule has 0 bridgehead atoms. The van der Waals surface area contributed by atoms with Crippen LogP contribution in [0.4, 0.5) is 0 Å². The first-order valence-electron chi connectivity index (χ1n) is 6.07. The Hall–Kier alpha value is -2.96. The number of aromatic nitrogens is 1. The van der Waals surface area contributed by atoms with Crippen LogP contribution in [0.1, 0.15) is 16.8 Å². The third kappa shape index (κ3) is 3.53. The van der Waals surface area contributed by atoms with E-state index < -0.39 is 30.3 Å². The summed E-state index contributed by atoms with van der Waals surface area (Å²) in [4.78, 5) is 37.6. The van der Waals surface area contributed by atoms with Gasteiger partial charge in [0, 0.05) is 11.6 Å². The van der Waals surface area contributed by atoms with Crippen LogP contribution >= 0.6 is 0 Å². The number of hydrogen-bond donors (Lipinski definition) is 3. The number of carboxylic acids is 2. The Morgan fingerprint density at radius 1 is 1.19 bits per heavy atom. The number of carboxylic acid groups (broad SMARTS) is 2. The van der Waals surface area contributed by atoms with E-state index >= 15 is 0 Å². The number of nitrogens with one attached hydrogen (secondary N) is 1. The summed E-state index contributed by atoms with van der Waals surface area (Å²) in [6, 6.07) is 7.23. The zero-order valence-electron chi connectivity index (χ0n) is 10.8. The summed E-state index contributed by atoms with van der Waals surface area (Å²) in [7, 11) is 0. The van der Waals surface area contributed by atoms with Gasteiger partial charge in [0.15, 0.2) is 0 Å². The Balaban J connectivity index is 2.20. The van der Waals surface area contributed by atoms with E-state index in [2.05, 4.69) is 10.3 Å². The van der Waals surface area contributed by atoms with E-state index in [9.17, 15) is 14.4 Å². The molecule has 0 aliphatic rings. The lowest BCUT2D eigenvalue weighted by Crippen LogP contribution is -2.42. The van der Waals surface area contributed by atoms with Crippen LogP contribution in [0.5, 0.6) is 0 Å². The highest BCUT2D eigenvalue weighted by Crippen LogP contribution is 2.12. The first kappa shape index (κ1) is 14.4. The number of hydrogen-bond acceptors (Lipinski definition) is 4. The molecule has 0 fully saturated rings. The lowest BCUT2D eigenvalue weighted by molar-refractivity contribution is -0.145. The molecule has 1 aromatic carbocycles. The first-order valence-corrected chi connectivity index (χ1v) is 6.07. The van der Waals surface area contributed by atoms with Crippen molar-refractivity contribution in [2.45, 2.75) is 12.5 Å². The Bertz CT molecular complexity index is 713. The van der Waals surface area contributed by atoms with E-state index in [0.717, 1.165) is 5.39 Å². The van der Waals surface area contributed by atoms with Crippen LogP contribution in [-0.2, 0) is 9.59 Å². The molecule has 0 saturated heterocycles. The zero-order valence-corrected chi connectivity index (χ0v) is 10.8. The molecule has 7 nitrogen and oxygen atoms in total. The van der Waals surface area contributed by atoms with Crippen LogP contribution < -0.4 is 5.32 Å². The van der Waals surface area contributed by atoms with Crippen molar-refractivity contribution in [1.82, 2.24) is 10.3 Å². The number of carbonyl (C=O) groups excluding carboxylic acids is 1. The molecule has 0 spiro atoms. The fraction of sp³-hybridized carbons (Fsp3) is 0.143. The van der Waals surface area contributed by atoms with Crippen LogP contribution in [0.15, 0.2) is 36.5 Å². The van der Waals surface area contributed by atoms with E-state index in [-0.39, 0.29) is 5.56 Å². The lowest BCUT2D eigenvalue weighted by atomic mass is 10.1. The highest BCUT2D eigenvalue weighted by atomic mass is 16.4. The van der Waals surface area contributed by atoms with Gasteiger partial charge in [0.05, 0.1) is 17.5 Å². The molecule has 1 amide bonds. The molecule has 0 unspecified atom stereocenters. The number of benzene rings is 1. The normalized spacial score (nSPS) is 11.8. The van der Waals surface area contributed by atoms with Gasteiger partial charge in [-0.25, -0.2) is 4.79 Å². The average molecular weight is 288 g/mol. The highest BCUT2D eigenvalue weighted by molar-refractivity contribution is 5.99. The fourth-order valence-electron chi connectivity index (χ4n) is 1.81. The molecule has 1 heterocycles. The standard InChI is InChI=1S/C14H12N2O5/c17-12(18)6-11(14(20)21)16-13(19)9-5-8-3-1-2-4-10(8)15-7-9/h1-5,7,11H,6H2,(H,16,19)(H,17,18)(H,20,21)/t11-/m1/s1. The molecule has 0 radical (unpaired) electrons. The monoisotopic (exact) mass is 288 g/mol. The van der Waals surface area contributed by atoms with Crippen molar-refractivity contribution in [2.24, 2.45) is 0 Å². The minimum Gasteiger partial charge on any atom is -0.481 e. The molecule has 2 aromatic rings. The molecule has 7 heteroatoms. The van der Waals surface area contributed by atoms with Gasteiger partial charge in [-0.3, -0.25) is 14.6 Å². The van der Waals surface area contributed by atoms with Crippen molar-refractivity contribution < 1.29 is 24.6 Å². The minimum atomic E-state index is -1.48. The maximum atomic E-state index is 12.0. The van der Waals surface area contributed by atoms with Crippen molar-refractivity contribution >= 4 is 28.7 Å². The topological polar surface area (TPSA) is 117 Å². The van der Waals surface area contributed by atoms with Gasteiger partial charge in [0.1, 0.15) is 6.04 Å². The molecule has 3 N–H and O–H groups in total. The molecule has 21 heavy (non-hydrogen) atoms. The van der Waals surface area contributed by atoms with Gasteiger partial charge in [0.25, 0.3) is 5.91 Å². The molecular weight excluding hydrogens is 276 g/mol. The van der Waals surface area contributed by atoms with E-state index in [1.165, 1.54) is 6.20 Å².